The normalized spacial score (nSPS) is 11.4. The van der Waals surface area contributed by atoms with Gasteiger partial charge in [-0.05, 0) is 43.7 Å². The minimum Gasteiger partial charge on any atom is -0.454 e. The third kappa shape index (κ3) is 6.75. The highest BCUT2D eigenvalue weighted by Gasteiger charge is 2.13. The van der Waals surface area contributed by atoms with E-state index in [4.69, 9.17) is 16.3 Å². The Kier molecular flexibility index (Phi) is 7.37. The summed E-state index contributed by atoms with van der Waals surface area (Å²) in [6.07, 6.45) is 0. The predicted octanol–water partition coefficient (Wildman–Crippen LogP) is 2.80. The molecule has 27 heavy (non-hydrogen) atoms. The van der Waals surface area contributed by atoms with Gasteiger partial charge in [0.2, 0.25) is 0 Å². The number of carbonyl (C=O) groups is 3. The lowest BCUT2D eigenvalue weighted by Gasteiger charge is -2.14. The average molecular weight is 389 g/mol. The average Bonchev–Trinajstić information content (AvgIpc) is 2.64. The Morgan fingerprint density at radius 2 is 1.81 bits per heavy atom. The van der Waals surface area contributed by atoms with Crippen molar-refractivity contribution in [3.63, 3.8) is 0 Å². The van der Waals surface area contributed by atoms with Gasteiger partial charge >= 0.3 is 5.97 Å². The van der Waals surface area contributed by atoms with Crippen molar-refractivity contribution in [3.05, 3.63) is 70.2 Å². The second-order valence-corrected chi connectivity index (χ2v) is 6.49. The second-order valence-electron chi connectivity index (χ2n) is 6.05. The van der Waals surface area contributed by atoms with E-state index in [9.17, 15) is 14.4 Å². The molecule has 0 aliphatic rings. The summed E-state index contributed by atoms with van der Waals surface area (Å²) in [5.74, 6) is -1.50. The minimum absolute atomic E-state index is 0.255. The molecular formula is C20H21ClN2O4. The summed E-state index contributed by atoms with van der Waals surface area (Å²) in [6.45, 7) is 2.95. The highest BCUT2D eigenvalue weighted by molar-refractivity contribution is 6.30. The van der Waals surface area contributed by atoms with Crippen LogP contribution in [0.3, 0.4) is 0 Å². The van der Waals surface area contributed by atoms with Gasteiger partial charge in [0.25, 0.3) is 11.8 Å². The van der Waals surface area contributed by atoms with E-state index < -0.39 is 18.5 Å². The molecule has 0 bridgehead atoms. The second kappa shape index (κ2) is 9.73. The van der Waals surface area contributed by atoms with Gasteiger partial charge in [0.1, 0.15) is 6.54 Å². The summed E-state index contributed by atoms with van der Waals surface area (Å²) in [6, 6.07) is 13.8. The van der Waals surface area contributed by atoms with Gasteiger partial charge in [-0.15, -0.1) is 0 Å². The zero-order valence-corrected chi connectivity index (χ0v) is 15.9. The molecule has 2 aromatic rings. The molecule has 0 aliphatic carbocycles. The summed E-state index contributed by atoms with van der Waals surface area (Å²) in [5, 5.41) is 5.80. The van der Waals surface area contributed by atoms with Crippen molar-refractivity contribution in [2.45, 2.75) is 19.9 Å². The van der Waals surface area contributed by atoms with Crippen molar-refractivity contribution in [3.8, 4) is 0 Å². The first-order valence-electron chi connectivity index (χ1n) is 8.40. The van der Waals surface area contributed by atoms with Gasteiger partial charge in [0.05, 0.1) is 6.04 Å². The molecule has 1 atom stereocenters. The number of rotatable bonds is 7. The van der Waals surface area contributed by atoms with E-state index >= 15 is 0 Å². The molecule has 0 saturated heterocycles. The first-order chi connectivity index (χ1) is 12.8. The van der Waals surface area contributed by atoms with Crippen LogP contribution in [0.1, 0.15) is 34.5 Å². The molecule has 2 rings (SSSR count). The Balaban J connectivity index is 1.72. The number of nitrogens with one attached hydrogen (secondary N) is 2. The minimum atomic E-state index is -0.690. The third-order valence-corrected chi connectivity index (χ3v) is 4.04. The number of esters is 1. The summed E-state index contributed by atoms with van der Waals surface area (Å²) < 4.78 is 4.88. The summed E-state index contributed by atoms with van der Waals surface area (Å²) in [4.78, 5) is 35.6. The number of hydrogen-bond acceptors (Lipinski definition) is 4. The van der Waals surface area contributed by atoms with Crippen molar-refractivity contribution < 1.29 is 19.1 Å². The van der Waals surface area contributed by atoms with Crippen LogP contribution >= 0.6 is 11.6 Å². The van der Waals surface area contributed by atoms with Crippen molar-refractivity contribution in [2.24, 2.45) is 0 Å². The standard InChI is InChI=1S/C20H21ClN2O4/c1-13-4-3-5-16(10-13)20(26)22-11-19(25)27-12-18(24)23-14(2)15-6-8-17(21)9-7-15/h3-10,14H,11-12H2,1-2H3,(H,22,26)(H,23,24)/t14-/m0/s1. The van der Waals surface area contributed by atoms with Crippen LogP contribution in [0, 0.1) is 6.92 Å². The lowest BCUT2D eigenvalue weighted by atomic mass is 10.1. The first kappa shape index (κ1) is 20.5. The van der Waals surface area contributed by atoms with E-state index in [1.807, 2.05) is 19.9 Å². The van der Waals surface area contributed by atoms with Crippen molar-refractivity contribution >= 4 is 29.4 Å². The highest BCUT2D eigenvalue weighted by atomic mass is 35.5. The number of halogens is 1. The van der Waals surface area contributed by atoms with Gasteiger partial charge in [0, 0.05) is 10.6 Å². The van der Waals surface area contributed by atoms with Crippen LogP contribution in [0.25, 0.3) is 0 Å². The lowest BCUT2D eigenvalue weighted by Crippen LogP contribution is -2.34. The zero-order valence-electron chi connectivity index (χ0n) is 15.1. The number of ether oxygens (including phenoxy) is 1. The van der Waals surface area contributed by atoms with Crippen LogP contribution in [0.4, 0.5) is 0 Å². The molecule has 0 radical (unpaired) electrons. The molecule has 0 aromatic heterocycles. The van der Waals surface area contributed by atoms with Crippen LogP contribution in [0.2, 0.25) is 5.02 Å². The van der Waals surface area contributed by atoms with Crippen molar-refractivity contribution in [2.75, 3.05) is 13.2 Å². The van der Waals surface area contributed by atoms with E-state index in [0.717, 1.165) is 11.1 Å². The maximum atomic E-state index is 12.0. The fourth-order valence-corrected chi connectivity index (χ4v) is 2.48. The van der Waals surface area contributed by atoms with Gasteiger partial charge < -0.3 is 15.4 Å². The SMILES string of the molecule is Cc1cccc(C(=O)NCC(=O)OCC(=O)N[C@@H](C)c2ccc(Cl)cc2)c1. The molecule has 2 N–H and O–H groups in total. The molecule has 0 heterocycles. The van der Waals surface area contributed by atoms with E-state index in [-0.39, 0.29) is 18.5 Å². The van der Waals surface area contributed by atoms with Crippen LogP contribution in [-0.4, -0.2) is 30.9 Å². The van der Waals surface area contributed by atoms with Gasteiger partial charge in [-0.2, -0.15) is 0 Å². The van der Waals surface area contributed by atoms with Crippen LogP contribution in [0.5, 0.6) is 0 Å². The Morgan fingerprint density at radius 1 is 1.11 bits per heavy atom. The molecule has 2 aromatic carbocycles. The number of hydrogen-bond donors (Lipinski definition) is 2. The fraction of sp³-hybridized carbons (Fsp3) is 0.250. The summed E-state index contributed by atoms with van der Waals surface area (Å²) in [5.41, 5.74) is 2.28. The summed E-state index contributed by atoms with van der Waals surface area (Å²) >= 11 is 5.83. The van der Waals surface area contributed by atoms with Crippen molar-refractivity contribution in [1.82, 2.24) is 10.6 Å². The monoisotopic (exact) mass is 388 g/mol. The quantitative estimate of drug-likeness (QED) is 0.714. The molecule has 0 spiro atoms. The zero-order chi connectivity index (χ0) is 19.8. The first-order valence-corrected chi connectivity index (χ1v) is 8.78. The molecular weight excluding hydrogens is 368 g/mol. The van der Waals surface area contributed by atoms with Gasteiger partial charge in [-0.1, -0.05) is 41.4 Å². The molecule has 0 unspecified atom stereocenters. The molecule has 7 heteroatoms. The maximum Gasteiger partial charge on any atom is 0.325 e. The third-order valence-electron chi connectivity index (χ3n) is 3.79. The van der Waals surface area contributed by atoms with Gasteiger partial charge in [-0.3, -0.25) is 14.4 Å². The molecule has 142 valence electrons. The Morgan fingerprint density at radius 3 is 2.48 bits per heavy atom. The molecule has 2 amide bonds. The number of amides is 2. The number of benzene rings is 2. The number of carbonyl (C=O) groups excluding carboxylic acids is 3. The lowest BCUT2D eigenvalue weighted by molar-refractivity contribution is -0.147. The molecule has 0 aliphatic heterocycles. The van der Waals surface area contributed by atoms with E-state index in [1.54, 1.807) is 42.5 Å². The van der Waals surface area contributed by atoms with E-state index in [2.05, 4.69) is 10.6 Å². The topological polar surface area (TPSA) is 84.5 Å². The smallest absolute Gasteiger partial charge is 0.325 e. The fourth-order valence-electron chi connectivity index (χ4n) is 2.36. The largest absolute Gasteiger partial charge is 0.454 e. The predicted molar refractivity (Wildman–Crippen MR) is 102 cm³/mol. The van der Waals surface area contributed by atoms with Gasteiger partial charge in [0.15, 0.2) is 6.61 Å². The van der Waals surface area contributed by atoms with E-state index in [0.29, 0.717) is 10.6 Å². The van der Waals surface area contributed by atoms with Crippen LogP contribution in [-0.2, 0) is 14.3 Å². The van der Waals surface area contributed by atoms with Crippen molar-refractivity contribution in [1.29, 1.82) is 0 Å². The molecule has 0 fully saturated rings. The van der Waals surface area contributed by atoms with E-state index in [1.165, 1.54) is 0 Å². The Labute approximate surface area is 162 Å². The van der Waals surface area contributed by atoms with Crippen LogP contribution < -0.4 is 10.6 Å². The maximum absolute atomic E-state index is 12.0. The Hall–Kier alpha value is -2.86. The Bertz CT molecular complexity index is 821. The number of aryl methyl sites for hydroxylation is 1. The molecule has 6 nitrogen and oxygen atoms in total. The highest BCUT2D eigenvalue weighted by Crippen LogP contribution is 2.15. The summed E-state index contributed by atoms with van der Waals surface area (Å²) in [7, 11) is 0. The van der Waals surface area contributed by atoms with Crippen LogP contribution in [0.15, 0.2) is 48.5 Å². The van der Waals surface area contributed by atoms with Gasteiger partial charge in [-0.25, -0.2) is 0 Å². The molecule has 0 saturated carbocycles.